The molecule has 4 rings (SSSR count). The van der Waals surface area contributed by atoms with Crippen LogP contribution in [0.3, 0.4) is 0 Å². The molecule has 7 heteroatoms. The summed E-state index contributed by atoms with van der Waals surface area (Å²) < 4.78 is 10.9. The first-order valence-corrected chi connectivity index (χ1v) is 11.2. The second-order valence-corrected chi connectivity index (χ2v) is 8.04. The summed E-state index contributed by atoms with van der Waals surface area (Å²) in [5.74, 6) is -0.339. The maximum Gasteiger partial charge on any atom is 0.336 e. The number of hydrogen-bond acceptors (Lipinski definition) is 7. The highest BCUT2D eigenvalue weighted by Crippen LogP contribution is 2.28. The molecular formula is C24H22N2O4S. The van der Waals surface area contributed by atoms with Crippen molar-refractivity contribution in [1.29, 1.82) is 0 Å². The van der Waals surface area contributed by atoms with E-state index in [1.807, 2.05) is 50.4 Å². The van der Waals surface area contributed by atoms with Crippen LogP contribution in [0.15, 0.2) is 56.8 Å². The predicted molar refractivity (Wildman–Crippen MR) is 121 cm³/mol. The molecule has 0 saturated carbocycles. The van der Waals surface area contributed by atoms with Gasteiger partial charge in [0, 0.05) is 34.8 Å². The minimum atomic E-state index is -0.467. The largest absolute Gasteiger partial charge is 0.461 e. The smallest absolute Gasteiger partial charge is 0.336 e. The minimum absolute atomic E-state index is 0.00875. The van der Waals surface area contributed by atoms with Gasteiger partial charge in [-0.05, 0) is 48.9 Å². The van der Waals surface area contributed by atoms with E-state index in [0.29, 0.717) is 17.6 Å². The average molecular weight is 435 g/mol. The Morgan fingerprint density at radius 1 is 1.10 bits per heavy atom. The Morgan fingerprint density at radius 2 is 1.84 bits per heavy atom. The van der Waals surface area contributed by atoms with Crippen LogP contribution < -0.4 is 5.63 Å². The van der Waals surface area contributed by atoms with E-state index in [0.717, 1.165) is 38.3 Å². The van der Waals surface area contributed by atoms with Gasteiger partial charge in [-0.25, -0.2) is 14.8 Å². The number of thioether (sulfide) groups is 1. The fourth-order valence-electron chi connectivity index (χ4n) is 3.75. The second kappa shape index (κ2) is 8.89. The Hall–Kier alpha value is -3.19. The summed E-state index contributed by atoms with van der Waals surface area (Å²) in [5, 5.41) is 3.49. The zero-order valence-electron chi connectivity index (χ0n) is 17.6. The highest BCUT2D eigenvalue weighted by molar-refractivity contribution is 7.98. The number of aromatic nitrogens is 2. The van der Waals surface area contributed by atoms with Crippen molar-refractivity contribution in [2.24, 2.45) is 0 Å². The maximum atomic E-state index is 12.5. The van der Waals surface area contributed by atoms with Crippen LogP contribution >= 0.6 is 11.8 Å². The van der Waals surface area contributed by atoms with Crippen LogP contribution in [-0.2, 0) is 22.6 Å². The number of rotatable bonds is 6. The summed E-state index contributed by atoms with van der Waals surface area (Å²) in [6.07, 6.45) is 2.65. The van der Waals surface area contributed by atoms with E-state index in [1.54, 1.807) is 6.07 Å². The van der Waals surface area contributed by atoms with Gasteiger partial charge in [0.25, 0.3) is 0 Å². The van der Waals surface area contributed by atoms with Crippen molar-refractivity contribution in [2.75, 3.05) is 6.26 Å². The lowest BCUT2D eigenvalue weighted by Gasteiger charge is -2.11. The lowest BCUT2D eigenvalue weighted by molar-refractivity contribution is -0.144. The fourth-order valence-corrected chi connectivity index (χ4v) is 4.21. The topological polar surface area (TPSA) is 82.3 Å². The first-order chi connectivity index (χ1) is 15.0. The molecule has 0 bridgehead atoms. The molecule has 0 aliphatic carbocycles. The van der Waals surface area contributed by atoms with Crippen LogP contribution in [0.5, 0.6) is 0 Å². The normalized spacial score (nSPS) is 11.2. The third-order valence-corrected chi connectivity index (χ3v) is 5.81. The second-order valence-electron chi connectivity index (χ2n) is 7.27. The van der Waals surface area contributed by atoms with Gasteiger partial charge in [0.05, 0.1) is 0 Å². The van der Waals surface area contributed by atoms with Crippen molar-refractivity contribution in [3.63, 3.8) is 0 Å². The molecule has 0 aliphatic rings. The van der Waals surface area contributed by atoms with Gasteiger partial charge in [0.1, 0.15) is 12.2 Å². The van der Waals surface area contributed by atoms with Gasteiger partial charge in [0.15, 0.2) is 5.16 Å². The van der Waals surface area contributed by atoms with Gasteiger partial charge in [0.2, 0.25) is 0 Å². The highest BCUT2D eigenvalue weighted by Gasteiger charge is 2.14. The summed E-state index contributed by atoms with van der Waals surface area (Å²) in [5.41, 5.74) is 3.37. The number of benzene rings is 2. The molecule has 2 aromatic heterocycles. The van der Waals surface area contributed by atoms with E-state index in [-0.39, 0.29) is 19.0 Å². The standard InChI is InChI=1S/C24H22N2O4S/c1-14-18(15(2)26-24(25-14)31-3)9-11-21(27)29-13-17-12-22(28)30-20-10-8-16-6-4-5-7-19(16)23(17)20/h4-8,10,12H,9,11,13H2,1-3H3. The monoisotopic (exact) mass is 434 g/mol. The molecule has 0 amide bonds. The van der Waals surface area contributed by atoms with Crippen molar-refractivity contribution in [3.8, 4) is 0 Å². The first-order valence-electron chi connectivity index (χ1n) is 9.94. The predicted octanol–water partition coefficient (Wildman–Crippen LogP) is 4.75. The van der Waals surface area contributed by atoms with Gasteiger partial charge in [-0.3, -0.25) is 4.79 Å². The van der Waals surface area contributed by atoms with Gasteiger partial charge in [-0.2, -0.15) is 0 Å². The number of esters is 1. The van der Waals surface area contributed by atoms with E-state index >= 15 is 0 Å². The average Bonchev–Trinajstić information content (AvgIpc) is 2.76. The quantitative estimate of drug-likeness (QED) is 0.142. The van der Waals surface area contributed by atoms with E-state index in [4.69, 9.17) is 9.15 Å². The molecule has 31 heavy (non-hydrogen) atoms. The third kappa shape index (κ3) is 4.46. The maximum absolute atomic E-state index is 12.5. The molecule has 0 unspecified atom stereocenters. The molecule has 0 spiro atoms. The van der Waals surface area contributed by atoms with E-state index in [1.165, 1.54) is 17.8 Å². The van der Waals surface area contributed by atoms with Gasteiger partial charge in [-0.15, -0.1) is 0 Å². The summed E-state index contributed by atoms with van der Waals surface area (Å²) >= 11 is 1.49. The molecule has 2 heterocycles. The number of carbonyl (C=O) groups excluding carboxylic acids is 1. The van der Waals surface area contributed by atoms with Crippen LogP contribution in [0.1, 0.15) is 28.9 Å². The molecule has 0 fully saturated rings. The van der Waals surface area contributed by atoms with Crippen molar-refractivity contribution >= 4 is 39.5 Å². The summed E-state index contributed by atoms with van der Waals surface area (Å²) in [7, 11) is 0. The highest BCUT2D eigenvalue weighted by atomic mass is 32.2. The Morgan fingerprint density at radius 3 is 2.58 bits per heavy atom. The number of hydrogen-bond donors (Lipinski definition) is 0. The fraction of sp³-hybridized carbons (Fsp3) is 0.250. The zero-order chi connectivity index (χ0) is 22.0. The summed E-state index contributed by atoms with van der Waals surface area (Å²) in [4.78, 5) is 33.4. The molecule has 158 valence electrons. The lowest BCUT2D eigenvalue weighted by Crippen LogP contribution is -2.10. The summed E-state index contributed by atoms with van der Waals surface area (Å²) in [6, 6.07) is 12.9. The number of fused-ring (bicyclic) bond motifs is 3. The Labute approximate surface area is 183 Å². The molecule has 0 aliphatic heterocycles. The van der Waals surface area contributed by atoms with Crippen molar-refractivity contribution in [3.05, 3.63) is 75.4 Å². The van der Waals surface area contributed by atoms with E-state index in [2.05, 4.69) is 9.97 Å². The van der Waals surface area contributed by atoms with Crippen LogP contribution in [0.25, 0.3) is 21.7 Å². The number of aryl methyl sites for hydroxylation is 2. The number of nitrogens with zero attached hydrogens (tertiary/aromatic N) is 2. The van der Waals surface area contributed by atoms with Crippen LogP contribution in [0.4, 0.5) is 0 Å². The molecule has 6 nitrogen and oxygen atoms in total. The van der Waals surface area contributed by atoms with Crippen molar-refractivity contribution in [1.82, 2.24) is 9.97 Å². The SMILES string of the molecule is CSc1nc(C)c(CCC(=O)OCc2cc(=O)oc3ccc4ccccc4c23)c(C)n1. The van der Waals surface area contributed by atoms with Gasteiger partial charge < -0.3 is 9.15 Å². The molecular weight excluding hydrogens is 412 g/mol. The molecule has 2 aromatic carbocycles. The van der Waals surface area contributed by atoms with E-state index in [9.17, 15) is 9.59 Å². The molecule has 0 saturated heterocycles. The molecule has 0 atom stereocenters. The zero-order valence-corrected chi connectivity index (χ0v) is 18.4. The van der Waals surface area contributed by atoms with E-state index < -0.39 is 5.63 Å². The Balaban J connectivity index is 1.53. The Kier molecular flexibility index (Phi) is 6.04. The number of ether oxygens (including phenoxy) is 1. The Bertz CT molecular complexity index is 1320. The van der Waals surface area contributed by atoms with Crippen LogP contribution in [-0.4, -0.2) is 22.2 Å². The molecule has 0 radical (unpaired) electrons. The minimum Gasteiger partial charge on any atom is -0.461 e. The molecule has 0 N–H and O–H groups in total. The number of carbonyl (C=O) groups is 1. The van der Waals surface area contributed by atoms with Crippen molar-refractivity contribution in [2.45, 2.75) is 38.5 Å². The lowest BCUT2D eigenvalue weighted by atomic mass is 10.0. The van der Waals surface area contributed by atoms with Gasteiger partial charge in [-0.1, -0.05) is 42.1 Å². The van der Waals surface area contributed by atoms with Crippen LogP contribution in [0, 0.1) is 13.8 Å². The van der Waals surface area contributed by atoms with Crippen LogP contribution in [0.2, 0.25) is 0 Å². The van der Waals surface area contributed by atoms with Crippen molar-refractivity contribution < 1.29 is 13.9 Å². The summed E-state index contributed by atoms with van der Waals surface area (Å²) in [6.45, 7) is 3.86. The molecule has 4 aromatic rings. The first kappa shape index (κ1) is 21.1. The third-order valence-electron chi connectivity index (χ3n) is 5.27. The van der Waals surface area contributed by atoms with Gasteiger partial charge >= 0.3 is 11.6 Å².